The summed E-state index contributed by atoms with van der Waals surface area (Å²) in [5, 5.41) is 9.53. The fraction of sp³-hybridized carbons (Fsp3) is 0.391. The topological polar surface area (TPSA) is 74.8 Å². The van der Waals surface area contributed by atoms with E-state index in [1.807, 2.05) is 37.3 Å². The van der Waals surface area contributed by atoms with Gasteiger partial charge in [0, 0.05) is 25.0 Å². The molecule has 3 rings (SSSR count). The van der Waals surface area contributed by atoms with E-state index < -0.39 is 0 Å². The van der Waals surface area contributed by atoms with E-state index in [1.165, 1.54) is 18.4 Å². The lowest BCUT2D eigenvalue weighted by atomic mass is 9.96. The third-order valence-electron chi connectivity index (χ3n) is 5.21. The molecule has 0 aliphatic heterocycles. The summed E-state index contributed by atoms with van der Waals surface area (Å²) < 4.78 is 5.14. The predicted molar refractivity (Wildman–Crippen MR) is 132 cm³/mol. The molecule has 2 aromatic carbocycles. The number of hydrogen-bond acceptors (Lipinski definition) is 3. The zero-order chi connectivity index (χ0) is 20.5. The van der Waals surface area contributed by atoms with Gasteiger partial charge < -0.3 is 20.7 Å². The summed E-state index contributed by atoms with van der Waals surface area (Å²) in [5.41, 5.74) is 2.57. The van der Waals surface area contributed by atoms with Crippen molar-refractivity contribution < 1.29 is 9.53 Å². The molecule has 0 atom stereocenters. The summed E-state index contributed by atoms with van der Waals surface area (Å²) in [6, 6.07) is 18.2. The Bertz CT molecular complexity index is 821. The average Bonchev–Trinajstić information content (AvgIpc) is 3.56. The zero-order valence-corrected chi connectivity index (χ0v) is 19.9. The van der Waals surface area contributed by atoms with Crippen molar-refractivity contribution in [1.82, 2.24) is 16.0 Å². The predicted octanol–water partition coefficient (Wildman–Crippen LogP) is 3.22. The first-order valence-corrected chi connectivity index (χ1v) is 10.1. The van der Waals surface area contributed by atoms with E-state index in [-0.39, 0.29) is 41.8 Å². The van der Waals surface area contributed by atoms with E-state index in [4.69, 9.17) is 4.74 Å². The SMILES string of the molecule is CCNC(=NCC(=O)NCc1ccc(OC)cc1)NCC1(c2ccccc2)CC1.I. The molecule has 0 aromatic heterocycles. The number of amides is 1. The number of carbonyl (C=O) groups excluding carboxylic acids is 1. The zero-order valence-electron chi connectivity index (χ0n) is 17.6. The van der Waals surface area contributed by atoms with Gasteiger partial charge in [-0.25, -0.2) is 4.99 Å². The third-order valence-corrected chi connectivity index (χ3v) is 5.21. The minimum absolute atomic E-state index is 0. The van der Waals surface area contributed by atoms with Crippen LogP contribution in [0.1, 0.15) is 30.9 Å². The van der Waals surface area contributed by atoms with Gasteiger partial charge in [-0.2, -0.15) is 0 Å². The molecule has 1 aliphatic carbocycles. The van der Waals surface area contributed by atoms with E-state index >= 15 is 0 Å². The molecule has 0 radical (unpaired) electrons. The number of nitrogens with zero attached hydrogens (tertiary/aromatic N) is 1. The Morgan fingerprint density at radius 2 is 1.73 bits per heavy atom. The lowest BCUT2D eigenvalue weighted by Crippen LogP contribution is -2.42. The van der Waals surface area contributed by atoms with Gasteiger partial charge in [0.15, 0.2) is 5.96 Å². The van der Waals surface area contributed by atoms with Crippen LogP contribution in [-0.4, -0.2) is 38.6 Å². The highest BCUT2D eigenvalue weighted by atomic mass is 127. The highest BCUT2D eigenvalue weighted by Crippen LogP contribution is 2.47. The lowest BCUT2D eigenvalue weighted by molar-refractivity contribution is -0.119. The fourth-order valence-corrected chi connectivity index (χ4v) is 3.26. The van der Waals surface area contributed by atoms with Gasteiger partial charge in [-0.15, -0.1) is 24.0 Å². The Morgan fingerprint density at radius 3 is 2.33 bits per heavy atom. The summed E-state index contributed by atoms with van der Waals surface area (Å²) in [7, 11) is 1.63. The van der Waals surface area contributed by atoms with Gasteiger partial charge in [0.05, 0.1) is 7.11 Å². The van der Waals surface area contributed by atoms with E-state index in [0.29, 0.717) is 12.5 Å². The summed E-state index contributed by atoms with van der Waals surface area (Å²) in [4.78, 5) is 16.6. The van der Waals surface area contributed by atoms with E-state index in [2.05, 4.69) is 45.2 Å². The largest absolute Gasteiger partial charge is 0.497 e. The molecular weight excluding hydrogens is 491 g/mol. The Kier molecular flexibility index (Phi) is 9.42. The molecule has 3 N–H and O–H groups in total. The lowest BCUT2D eigenvalue weighted by Gasteiger charge is -2.19. The summed E-state index contributed by atoms with van der Waals surface area (Å²) >= 11 is 0. The molecule has 7 heteroatoms. The van der Waals surface area contributed by atoms with Crippen molar-refractivity contribution in [2.45, 2.75) is 31.7 Å². The number of methoxy groups -OCH3 is 1. The quantitative estimate of drug-likeness (QED) is 0.269. The molecule has 1 saturated carbocycles. The van der Waals surface area contributed by atoms with Crippen LogP contribution in [0.5, 0.6) is 5.75 Å². The van der Waals surface area contributed by atoms with Crippen molar-refractivity contribution in [2.24, 2.45) is 4.99 Å². The van der Waals surface area contributed by atoms with Gasteiger partial charge in [-0.1, -0.05) is 42.5 Å². The highest BCUT2D eigenvalue weighted by Gasteiger charge is 2.43. The van der Waals surface area contributed by atoms with Crippen molar-refractivity contribution in [2.75, 3.05) is 26.7 Å². The number of aliphatic imine (C=N–C) groups is 1. The number of benzene rings is 2. The van der Waals surface area contributed by atoms with Gasteiger partial charge in [-0.05, 0) is 43.0 Å². The molecule has 6 nitrogen and oxygen atoms in total. The minimum atomic E-state index is -0.109. The van der Waals surface area contributed by atoms with Crippen molar-refractivity contribution in [1.29, 1.82) is 0 Å². The first kappa shape index (κ1) is 24.0. The van der Waals surface area contributed by atoms with Crippen molar-refractivity contribution in [3.63, 3.8) is 0 Å². The smallest absolute Gasteiger partial charge is 0.242 e. The van der Waals surface area contributed by atoms with Crippen LogP contribution in [0.3, 0.4) is 0 Å². The van der Waals surface area contributed by atoms with Crippen LogP contribution < -0.4 is 20.7 Å². The van der Waals surface area contributed by atoms with Crippen LogP contribution in [0, 0.1) is 0 Å². The number of guanidine groups is 1. The number of halogens is 1. The van der Waals surface area contributed by atoms with Crippen molar-refractivity contribution in [3.8, 4) is 5.75 Å². The van der Waals surface area contributed by atoms with Gasteiger partial charge in [0.1, 0.15) is 12.3 Å². The molecule has 0 bridgehead atoms. The van der Waals surface area contributed by atoms with Crippen LogP contribution >= 0.6 is 24.0 Å². The summed E-state index contributed by atoms with van der Waals surface area (Å²) in [6.45, 7) is 4.14. The number of ether oxygens (including phenoxy) is 1. The monoisotopic (exact) mass is 522 g/mol. The number of hydrogen-bond donors (Lipinski definition) is 3. The molecule has 1 fully saturated rings. The molecule has 2 aromatic rings. The molecular formula is C23H31IN4O2. The standard InChI is InChI=1S/C23H30N4O2.HI/c1-3-24-22(27-17-23(13-14-23)19-7-5-4-6-8-19)26-16-21(28)25-15-18-9-11-20(29-2)12-10-18;/h4-12H,3,13-17H2,1-2H3,(H,25,28)(H2,24,26,27);1H. The van der Waals surface area contributed by atoms with Crippen LogP contribution in [0.25, 0.3) is 0 Å². The Morgan fingerprint density at radius 1 is 1.03 bits per heavy atom. The molecule has 1 amide bonds. The highest BCUT2D eigenvalue weighted by molar-refractivity contribution is 14.0. The third kappa shape index (κ3) is 6.90. The Hall–Kier alpha value is -2.29. The van der Waals surface area contributed by atoms with E-state index in [1.54, 1.807) is 7.11 Å². The van der Waals surface area contributed by atoms with Crippen molar-refractivity contribution in [3.05, 3.63) is 65.7 Å². The van der Waals surface area contributed by atoms with Crippen molar-refractivity contribution >= 4 is 35.8 Å². The maximum absolute atomic E-state index is 12.2. The van der Waals surface area contributed by atoms with Crippen LogP contribution in [0.4, 0.5) is 0 Å². The van der Waals surface area contributed by atoms with Gasteiger partial charge in [0.2, 0.25) is 5.91 Å². The number of nitrogens with one attached hydrogen (secondary N) is 3. The van der Waals surface area contributed by atoms with Gasteiger partial charge in [0.25, 0.3) is 0 Å². The normalized spacial score (nSPS) is 14.3. The first-order chi connectivity index (χ1) is 14.1. The number of rotatable bonds is 9. The second-order valence-corrected chi connectivity index (χ2v) is 7.32. The maximum atomic E-state index is 12.2. The molecule has 0 spiro atoms. The molecule has 1 aliphatic rings. The van der Waals surface area contributed by atoms with Gasteiger partial charge >= 0.3 is 0 Å². The number of carbonyl (C=O) groups is 1. The van der Waals surface area contributed by atoms with Crippen LogP contribution in [-0.2, 0) is 16.8 Å². The molecule has 0 unspecified atom stereocenters. The molecule has 0 saturated heterocycles. The van der Waals surface area contributed by atoms with Gasteiger partial charge in [-0.3, -0.25) is 4.79 Å². The first-order valence-electron chi connectivity index (χ1n) is 10.1. The molecule has 30 heavy (non-hydrogen) atoms. The summed E-state index contributed by atoms with van der Waals surface area (Å²) in [6.07, 6.45) is 2.34. The average molecular weight is 522 g/mol. The second kappa shape index (κ2) is 11.8. The maximum Gasteiger partial charge on any atom is 0.242 e. The van der Waals surface area contributed by atoms with E-state index in [9.17, 15) is 4.79 Å². The Labute approximate surface area is 195 Å². The summed E-state index contributed by atoms with van der Waals surface area (Å²) in [5.74, 6) is 1.37. The van der Waals surface area contributed by atoms with Crippen LogP contribution in [0.2, 0.25) is 0 Å². The molecule has 0 heterocycles. The molecule has 162 valence electrons. The van der Waals surface area contributed by atoms with E-state index in [0.717, 1.165) is 24.4 Å². The fourth-order valence-electron chi connectivity index (χ4n) is 3.26. The Balaban J connectivity index is 0.00000320. The second-order valence-electron chi connectivity index (χ2n) is 7.32. The minimum Gasteiger partial charge on any atom is -0.497 e. The van der Waals surface area contributed by atoms with Crippen LogP contribution in [0.15, 0.2) is 59.6 Å².